The third-order valence-corrected chi connectivity index (χ3v) is 5.92. The standard InChI is InChI=1S/C21H20N6S/c1-26(2)11-12-27-19(22)17(21-25-15-9-5-6-10-16(15)28-21)18-20(27)24-14-8-4-3-7-13(14)23-18/h3-10H,11-12,22H2,1-2H3. The summed E-state index contributed by atoms with van der Waals surface area (Å²) < 4.78 is 3.20. The van der Waals surface area contributed by atoms with Gasteiger partial charge in [-0.25, -0.2) is 15.0 Å². The molecule has 5 rings (SSSR count). The number of aromatic nitrogens is 4. The fourth-order valence-corrected chi connectivity index (χ4v) is 4.45. The molecule has 5 aromatic rings. The average molecular weight is 389 g/mol. The molecule has 6 nitrogen and oxygen atoms in total. The van der Waals surface area contributed by atoms with Crippen molar-refractivity contribution in [3.8, 4) is 10.6 Å². The van der Waals surface area contributed by atoms with Crippen LogP contribution in [-0.4, -0.2) is 45.1 Å². The molecule has 0 bridgehead atoms. The maximum absolute atomic E-state index is 6.65. The first-order valence-electron chi connectivity index (χ1n) is 9.17. The SMILES string of the molecule is CN(C)CCn1c(N)c(-c2nc3ccccc3s2)c2nc3ccccc3nc21. The number of thiazole rings is 1. The lowest BCUT2D eigenvalue weighted by Gasteiger charge is -2.12. The summed E-state index contributed by atoms with van der Waals surface area (Å²) in [5, 5.41) is 0.886. The van der Waals surface area contributed by atoms with Crippen LogP contribution in [0.15, 0.2) is 48.5 Å². The van der Waals surface area contributed by atoms with Gasteiger partial charge >= 0.3 is 0 Å². The molecule has 0 fully saturated rings. The minimum absolute atomic E-state index is 0.672. The second-order valence-corrected chi connectivity index (χ2v) is 8.12. The minimum Gasteiger partial charge on any atom is -0.384 e. The van der Waals surface area contributed by atoms with Gasteiger partial charge in [-0.3, -0.25) is 0 Å². The Labute approximate surface area is 166 Å². The first-order valence-corrected chi connectivity index (χ1v) is 9.98. The van der Waals surface area contributed by atoms with Crippen molar-refractivity contribution in [3.63, 3.8) is 0 Å². The number of hydrogen-bond acceptors (Lipinski definition) is 6. The van der Waals surface area contributed by atoms with Gasteiger partial charge in [-0.15, -0.1) is 11.3 Å². The summed E-state index contributed by atoms with van der Waals surface area (Å²) >= 11 is 1.64. The largest absolute Gasteiger partial charge is 0.384 e. The van der Waals surface area contributed by atoms with E-state index in [-0.39, 0.29) is 0 Å². The van der Waals surface area contributed by atoms with E-state index >= 15 is 0 Å². The molecule has 0 aliphatic rings. The number of fused-ring (bicyclic) bond motifs is 3. The number of nitrogens with zero attached hydrogens (tertiary/aromatic N) is 5. The monoisotopic (exact) mass is 388 g/mol. The number of nitrogen functional groups attached to an aromatic ring is 1. The molecule has 3 aromatic heterocycles. The molecule has 0 amide bonds. The Morgan fingerprint density at radius 3 is 2.32 bits per heavy atom. The van der Waals surface area contributed by atoms with Gasteiger partial charge in [-0.1, -0.05) is 24.3 Å². The highest BCUT2D eigenvalue weighted by Gasteiger charge is 2.22. The number of benzene rings is 2. The molecule has 0 radical (unpaired) electrons. The molecule has 2 N–H and O–H groups in total. The molecule has 0 aliphatic heterocycles. The molecule has 2 aromatic carbocycles. The fourth-order valence-electron chi connectivity index (χ4n) is 3.43. The first kappa shape index (κ1) is 17.1. The predicted molar refractivity (Wildman–Crippen MR) is 117 cm³/mol. The third kappa shape index (κ3) is 2.71. The molecule has 0 saturated carbocycles. The van der Waals surface area contributed by atoms with Gasteiger partial charge in [0.05, 0.1) is 26.8 Å². The molecule has 140 valence electrons. The molecule has 0 aliphatic carbocycles. The van der Waals surface area contributed by atoms with Crippen molar-refractivity contribution in [1.29, 1.82) is 0 Å². The fraction of sp³-hybridized carbons (Fsp3) is 0.190. The van der Waals surface area contributed by atoms with Gasteiger partial charge in [0.2, 0.25) is 0 Å². The Morgan fingerprint density at radius 1 is 0.929 bits per heavy atom. The maximum atomic E-state index is 6.65. The lowest BCUT2D eigenvalue weighted by Crippen LogP contribution is -2.19. The van der Waals surface area contributed by atoms with Crippen LogP contribution in [0.4, 0.5) is 5.82 Å². The maximum Gasteiger partial charge on any atom is 0.161 e. The lowest BCUT2D eigenvalue weighted by molar-refractivity contribution is 0.387. The molecule has 7 heteroatoms. The van der Waals surface area contributed by atoms with E-state index in [4.69, 9.17) is 20.7 Å². The van der Waals surface area contributed by atoms with Crippen LogP contribution in [-0.2, 0) is 6.54 Å². The van der Waals surface area contributed by atoms with Crippen LogP contribution in [0.3, 0.4) is 0 Å². The van der Waals surface area contributed by atoms with Crippen molar-refractivity contribution in [2.75, 3.05) is 26.4 Å². The van der Waals surface area contributed by atoms with Crippen LogP contribution < -0.4 is 5.73 Å². The molecular weight excluding hydrogens is 368 g/mol. The number of hydrogen-bond donors (Lipinski definition) is 1. The van der Waals surface area contributed by atoms with Gasteiger partial charge in [0.1, 0.15) is 16.3 Å². The molecule has 0 atom stereocenters. The van der Waals surface area contributed by atoms with Crippen LogP contribution in [0.25, 0.3) is 43.0 Å². The molecule has 0 unspecified atom stereocenters. The molecule has 0 saturated heterocycles. The van der Waals surface area contributed by atoms with Crippen LogP contribution in [0.1, 0.15) is 0 Å². The Balaban J connectivity index is 1.81. The van der Waals surface area contributed by atoms with E-state index in [9.17, 15) is 0 Å². The Kier molecular flexibility index (Phi) is 3.99. The molecule has 3 heterocycles. The van der Waals surface area contributed by atoms with Gasteiger partial charge in [-0.05, 0) is 38.4 Å². The van der Waals surface area contributed by atoms with Crippen molar-refractivity contribution in [3.05, 3.63) is 48.5 Å². The van der Waals surface area contributed by atoms with Crippen molar-refractivity contribution in [1.82, 2.24) is 24.4 Å². The Morgan fingerprint density at radius 2 is 1.61 bits per heavy atom. The van der Waals surface area contributed by atoms with Gasteiger partial charge in [-0.2, -0.15) is 0 Å². The summed E-state index contributed by atoms with van der Waals surface area (Å²) in [5.74, 6) is 0.672. The normalized spacial score (nSPS) is 12.0. The number of para-hydroxylation sites is 3. The van der Waals surface area contributed by atoms with E-state index < -0.39 is 0 Å². The van der Waals surface area contributed by atoms with Crippen LogP contribution in [0.5, 0.6) is 0 Å². The minimum atomic E-state index is 0.672. The molecule has 28 heavy (non-hydrogen) atoms. The van der Waals surface area contributed by atoms with E-state index in [1.54, 1.807) is 11.3 Å². The average Bonchev–Trinajstić information content (AvgIpc) is 3.22. The summed E-state index contributed by atoms with van der Waals surface area (Å²) in [6, 6.07) is 16.1. The van der Waals surface area contributed by atoms with E-state index in [0.29, 0.717) is 5.82 Å². The first-order chi connectivity index (χ1) is 13.6. The van der Waals surface area contributed by atoms with Crippen molar-refractivity contribution in [2.45, 2.75) is 6.54 Å². The Bertz CT molecular complexity index is 1280. The summed E-state index contributed by atoms with van der Waals surface area (Å²) in [6.07, 6.45) is 0. The summed E-state index contributed by atoms with van der Waals surface area (Å²) in [5.41, 5.74) is 11.9. The predicted octanol–water partition coefficient (Wildman–Crippen LogP) is 4.01. The van der Waals surface area contributed by atoms with Crippen LogP contribution >= 0.6 is 11.3 Å². The number of rotatable bonds is 4. The van der Waals surface area contributed by atoms with Crippen molar-refractivity contribution < 1.29 is 0 Å². The highest BCUT2D eigenvalue weighted by atomic mass is 32.1. The zero-order valence-electron chi connectivity index (χ0n) is 15.8. The van der Waals surface area contributed by atoms with E-state index in [0.717, 1.165) is 56.1 Å². The highest BCUT2D eigenvalue weighted by Crippen LogP contribution is 2.39. The van der Waals surface area contributed by atoms with Crippen LogP contribution in [0.2, 0.25) is 0 Å². The second-order valence-electron chi connectivity index (χ2n) is 7.09. The van der Waals surface area contributed by atoms with Crippen molar-refractivity contribution >= 4 is 49.6 Å². The molecule has 0 spiro atoms. The summed E-state index contributed by atoms with van der Waals surface area (Å²) in [4.78, 5) is 16.8. The zero-order valence-corrected chi connectivity index (χ0v) is 16.6. The van der Waals surface area contributed by atoms with Gasteiger partial charge in [0.25, 0.3) is 0 Å². The van der Waals surface area contributed by atoms with Gasteiger partial charge in [0, 0.05) is 13.1 Å². The van der Waals surface area contributed by atoms with Crippen molar-refractivity contribution in [2.24, 2.45) is 0 Å². The summed E-state index contributed by atoms with van der Waals surface area (Å²) in [6.45, 7) is 1.61. The van der Waals surface area contributed by atoms with Gasteiger partial charge < -0.3 is 15.2 Å². The topological polar surface area (TPSA) is 72.9 Å². The molecular formula is C21H20N6S. The quantitative estimate of drug-likeness (QED) is 0.504. The number of likely N-dealkylation sites (N-methyl/N-ethyl adjacent to an activating group) is 1. The summed E-state index contributed by atoms with van der Waals surface area (Å²) in [7, 11) is 4.11. The number of anilines is 1. The lowest BCUT2D eigenvalue weighted by atomic mass is 10.2. The van der Waals surface area contributed by atoms with Gasteiger partial charge in [0.15, 0.2) is 5.65 Å². The number of nitrogens with two attached hydrogens (primary N) is 1. The smallest absolute Gasteiger partial charge is 0.161 e. The highest BCUT2D eigenvalue weighted by molar-refractivity contribution is 7.21. The van der Waals surface area contributed by atoms with Crippen LogP contribution in [0, 0.1) is 0 Å². The Hall–Kier alpha value is -3.03. The van der Waals surface area contributed by atoms with E-state index in [1.165, 1.54) is 0 Å². The van der Waals surface area contributed by atoms with E-state index in [1.807, 2.05) is 42.5 Å². The van der Waals surface area contributed by atoms with E-state index in [2.05, 4.69) is 29.6 Å². The third-order valence-electron chi connectivity index (χ3n) is 4.87. The zero-order chi connectivity index (χ0) is 19.3. The second kappa shape index (κ2) is 6.54.